The van der Waals surface area contributed by atoms with Gasteiger partial charge in [0.1, 0.15) is 17.2 Å². The van der Waals surface area contributed by atoms with Gasteiger partial charge in [0.25, 0.3) is 10.0 Å². The molecule has 1 unspecified atom stereocenters. The first kappa shape index (κ1) is 26.6. The van der Waals surface area contributed by atoms with Gasteiger partial charge in [0.05, 0.1) is 4.90 Å². The van der Waals surface area contributed by atoms with Gasteiger partial charge in [-0.3, -0.25) is 4.72 Å². The van der Waals surface area contributed by atoms with E-state index < -0.39 is 45.4 Å². The van der Waals surface area contributed by atoms with Crippen LogP contribution in [0.25, 0.3) is 11.1 Å². The van der Waals surface area contributed by atoms with Crippen LogP contribution in [-0.2, 0) is 19.6 Å². The van der Waals surface area contributed by atoms with Crippen molar-refractivity contribution in [2.24, 2.45) is 0 Å². The number of benzene rings is 3. The molecule has 0 heterocycles. The van der Waals surface area contributed by atoms with E-state index in [4.69, 9.17) is 4.74 Å². The van der Waals surface area contributed by atoms with E-state index in [2.05, 4.69) is 10.0 Å². The lowest BCUT2D eigenvalue weighted by atomic mass is 10.1. The fourth-order valence-corrected chi connectivity index (χ4v) is 4.30. The quantitative estimate of drug-likeness (QED) is 0.401. The number of hydrogen-bond donors (Lipinski definition) is 3. The number of rotatable bonds is 7. The molecule has 0 fully saturated rings. The lowest BCUT2D eigenvalue weighted by Gasteiger charge is -2.22. The minimum Gasteiger partial charge on any atom is -0.479 e. The van der Waals surface area contributed by atoms with Crippen LogP contribution >= 0.6 is 0 Å². The average molecular weight is 519 g/mol. The Hall–Kier alpha value is -3.99. The van der Waals surface area contributed by atoms with Crippen molar-refractivity contribution in [2.45, 2.75) is 37.3 Å². The van der Waals surface area contributed by atoms with E-state index >= 15 is 0 Å². The minimum atomic E-state index is -4.10. The number of carboxylic acids is 1. The summed E-state index contributed by atoms with van der Waals surface area (Å²) in [4.78, 5) is 23.7. The van der Waals surface area contributed by atoms with Crippen LogP contribution in [0.5, 0.6) is 0 Å². The molecule has 11 heteroatoms. The molecule has 3 aromatic carbocycles. The topological polar surface area (TPSA) is 122 Å². The van der Waals surface area contributed by atoms with E-state index in [9.17, 15) is 31.9 Å². The molecular formula is C25H24F2N2O6S. The van der Waals surface area contributed by atoms with Gasteiger partial charge in [0, 0.05) is 17.3 Å². The smallest absolute Gasteiger partial charge is 0.408 e. The number of amides is 1. The molecule has 1 atom stereocenters. The van der Waals surface area contributed by atoms with Gasteiger partial charge in [-0.2, -0.15) is 0 Å². The number of carbonyl (C=O) groups excluding carboxylic acids is 1. The maximum atomic E-state index is 14.0. The summed E-state index contributed by atoms with van der Waals surface area (Å²) in [6.07, 6.45) is -0.946. The number of carboxylic acid groups (broad SMARTS) is 1. The number of aliphatic carboxylic acids is 1. The molecule has 1 amide bonds. The Morgan fingerprint density at radius 2 is 1.64 bits per heavy atom. The maximum absolute atomic E-state index is 14.0. The third-order valence-electron chi connectivity index (χ3n) is 4.79. The van der Waals surface area contributed by atoms with Gasteiger partial charge in [-0.1, -0.05) is 24.3 Å². The van der Waals surface area contributed by atoms with E-state index in [0.717, 1.165) is 12.1 Å². The average Bonchev–Trinajstić information content (AvgIpc) is 2.76. The summed E-state index contributed by atoms with van der Waals surface area (Å²) >= 11 is 0. The van der Waals surface area contributed by atoms with Gasteiger partial charge in [-0.05, 0) is 68.3 Å². The maximum Gasteiger partial charge on any atom is 0.408 e. The van der Waals surface area contributed by atoms with E-state index in [-0.39, 0.29) is 21.7 Å². The van der Waals surface area contributed by atoms with Crippen molar-refractivity contribution in [3.63, 3.8) is 0 Å². The molecule has 190 valence electrons. The highest BCUT2D eigenvalue weighted by atomic mass is 32.2. The van der Waals surface area contributed by atoms with Crippen LogP contribution in [0.3, 0.4) is 0 Å². The summed E-state index contributed by atoms with van der Waals surface area (Å²) < 4.78 is 60.4. The molecule has 0 aliphatic heterocycles. The summed E-state index contributed by atoms with van der Waals surface area (Å²) in [7, 11) is -4.10. The van der Waals surface area contributed by atoms with E-state index in [1.807, 2.05) is 0 Å². The van der Waals surface area contributed by atoms with E-state index in [1.54, 1.807) is 20.8 Å². The number of anilines is 1. The van der Waals surface area contributed by atoms with Gasteiger partial charge >= 0.3 is 12.1 Å². The number of alkyl carbamates (subject to hydrolysis) is 1. The Morgan fingerprint density at radius 3 is 2.22 bits per heavy atom. The van der Waals surface area contributed by atoms with E-state index in [0.29, 0.717) is 5.56 Å². The van der Waals surface area contributed by atoms with Crippen LogP contribution in [0.4, 0.5) is 19.3 Å². The Morgan fingerprint density at radius 1 is 0.972 bits per heavy atom. The van der Waals surface area contributed by atoms with Crippen molar-refractivity contribution >= 4 is 27.8 Å². The molecule has 0 aliphatic rings. The molecule has 0 radical (unpaired) electrons. The number of sulfonamides is 1. The van der Waals surface area contributed by atoms with Gasteiger partial charge in [-0.15, -0.1) is 0 Å². The normalized spacial score (nSPS) is 12.5. The zero-order valence-corrected chi connectivity index (χ0v) is 20.4. The van der Waals surface area contributed by atoms with Crippen LogP contribution in [0.1, 0.15) is 32.4 Å². The lowest BCUT2D eigenvalue weighted by molar-refractivity contribution is -0.139. The Kier molecular flexibility index (Phi) is 7.63. The van der Waals surface area contributed by atoms with Crippen LogP contribution in [0.2, 0.25) is 0 Å². The van der Waals surface area contributed by atoms with Crippen molar-refractivity contribution in [1.82, 2.24) is 5.32 Å². The molecule has 0 saturated carbocycles. The van der Waals surface area contributed by atoms with Crippen LogP contribution in [0.15, 0.2) is 71.6 Å². The predicted molar refractivity (Wildman–Crippen MR) is 129 cm³/mol. The summed E-state index contributed by atoms with van der Waals surface area (Å²) in [6.45, 7) is 4.88. The van der Waals surface area contributed by atoms with Crippen LogP contribution in [-0.4, -0.2) is 31.2 Å². The molecule has 0 saturated heterocycles. The summed E-state index contributed by atoms with van der Waals surface area (Å²) in [5, 5.41) is 11.8. The first-order valence-corrected chi connectivity index (χ1v) is 12.1. The van der Waals surface area contributed by atoms with Crippen LogP contribution < -0.4 is 10.0 Å². The van der Waals surface area contributed by atoms with Crippen LogP contribution in [0, 0.1) is 11.6 Å². The van der Waals surface area contributed by atoms with Gasteiger partial charge in [0.15, 0.2) is 6.04 Å². The highest BCUT2D eigenvalue weighted by molar-refractivity contribution is 7.92. The lowest BCUT2D eigenvalue weighted by Crippen LogP contribution is -2.38. The monoisotopic (exact) mass is 518 g/mol. The zero-order chi connectivity index (χ0) is 26.7. The molecule has 3 N–H and O–H groups in total. The third kappa shape index (κ3) is 6.79. The Balaban J connectivity index is 1.81. The SMILES string of the molecule is CC(C)(C)OC(=O)NC(C(=O)O)c1cccc(NS(=O)(=O)c2ccc(-c3ccc(F)cc3F)cc2)c1. The standard InChI is InChI=1S/C25H24F2N2O6S/c1-25(2,3)35-24(32)28-22(23(30)31)16-5-4-6-18(13-16)29-36(33,34)19-10-7-15(8-11-19)20-12-9-17(26)14-21(20)27/h4-14,22,29H,1-3H3,(H,28,32)(H,30,31). The Bertz CT molecular complexity index is 1390. The number of halogens is 2. The van der Waals surface area contributed by atoms with Gasteiger partial charge in [-0.25, -0.2) is 26.8 Å². The van der Waals surface area contributed by atoms with Crippen molar-refractivity contribution in [1.29, 1.82) is 0 Å². The van der Waals surface area contributed by atoms with Crippen molar-refractivity contribution in [2.75, 3.05) is 4.72 Å². The summed E-state index contributed by atoms with van der Waals surface area (Å²) in [5.74, 6) is -2.88. The molecular weight excluding hydrogens is 494 g/mol. The highest BCUT2D eigenvalue weighted by Crippen LogP contribution is 2.26. The number of hydrogen-bond acceptors (Lipinski definition) is 5. The number of carbonyl (C=O) groups is 2. The summed E-state index contributed by atoms with van der Waals surface area (Å²) in [6, 6.07) is 12.4. The number of ether oxygens (including phenoxy) is 1. The fourth-order valence-electron chi connectivity index (χ4n) is 3.25. The van der Waals surface area contributed by atoms with Crippen molar-refractivity contribution in [3.05, 3.63) is 83.9 Å². The fraction of sp³-hybridized carbons (Fsp3) is 0.200. The molecule has 8 nitrogen and oxygen atoms in total. The van der Waals surface area contributed by atoms with Crippen molar-refractivity contribution in [3.8, 4) is 11.1 Å². The second-order valence-corrected chi connectivity index (χ2v) is 10.5. The first-order valence-electron chi connectivity index (χ1n) is 10.7. The molecule has 3 rings (SSSR count). The molecule has 0 aromatic heterocycles. The van der Waals surface area contributed by atoms with Gasteiger partial charge in [0.2, 0.25) is 0 Å². The second-order valence-electron chi connectivity index (χ2n) is 8.80. The largest absolute Gasteiger partial charge is 0.479 e. The van der Waals surface area contributed by atoms with Crippen molar-refractivity contribution < 1.29 is 36.6 Å². The molecule has 3 aromatic rings. The second kappa shape index (κ2) is 10.3. The molecule has 36 heavy (non-hydrogen) atoms. The first-order chi connectivity index (χ1) is 16.7. The molecule has 0 bridgehead atoms. The zero-order valence-electron chi connectivity index (χ0n) is 19.6. The van der Waals surface area contributed by atoms with Gasteiger partial charge < -0.3 is 15.2 Å². The third-order valence-corrected chi connectivity index (χ3v) is 6.18. The molecule has 0 spiro atoms. The number of nitrogens with one attached hydrogen (secondary N) is 2. The van der Waals surface area contributed by atoms with E-state index in [1.165, 1.54) is 54.6 Å². The Labute approximate surface area is 207 Å². The predicted octanol–water partition coefficient (Wildman–Crippen LogP) is 5.08. The molecule has 0 aliphatic carbocycles. The minimum absolute atomic E-state index is 0.0541. The highest BCUT2D eigenvalue weighted by Gasteiger charge is 2.26. The summed E-state index contributed by atoms with van der Waals surface area (Å²) in [5.41, 5.74) is -0.221.